The predicted molar refractivity (Wildman–Crippen MR) is 84.3 cm³/mol. The lowest BCUT2D eigenvalue weighted by atomic mass is 10.2. The second-order valence-corrected chi connectivity index (χ2v) is 5.70. The van der Waals surface area contributed by atoms with Crippen LogP contribution in [-0.4, -0.2) is 51.9 Å². The van der Waals surface area contributed by atoms with Crippen molar-refractivity contribution in [3.05, 3.63) is 59.4 Å². The molecule has 0 spiro atoms. The standard InChI is InChI=1S/C17H19FN4O/c1-13-10-20-16(11-19-13)17(23)22-8-6-21(7-9-22)12-14-4-2-3-5-15(14)18/h2-5,10-11H,6-9,12H2,1H3. The molecule has 5 nitrogen and oxygen atoms in total. The van der Waals surface area contributed by atoms with Crippen LogP contribution in [0.2, 0.25) is 0 Å². The number of piperazine rings is 1. The van der Waals surface area contributed by atoms with Gasteiger partial charge in [0.15, 0.2) is 0 Å². The van der Waals surface area contributed by atoms with Gasteiger partial charge in [0.05, 0.1) is 11.9 Å². The zero-order valence-electron chi connectivity index (χ0n) is 13.1. The van der Waals surface area contributed by atoms with E-state index in [1.54, 1.807) is 23.2 Å². The van der Waals surface area contributed by atoms with E-state index >= 15 is 0 Å². The molecular formula is C17H19FN4O. The van der Waals surface area contributed by atoms with Gasteiger partial charge in [-0.05, 0) is 13.0 Å². The van der Waals surface area contributed by atoms with E-state index in [2.05, 4.69) is 14.9 Å². The van der Waals surface area contributed by atoms with Gasteiger partial charge in [-0.15, -0.1) is 0 Å². The third-order valence-corrected chi connectivity index (χ3v) is 4.01. The number of hydrogen-bond acceptors (Lipinski definition) is 4. The molecule has 3 rings (SSSR count). The molecule has 1 aliphatic rings. The van der Waals surface area contributed by atoms with Crippen molar-refractivity contribution < 1.29 is 9.18 Å². The first-order valence-corrected chi connectivity index (χ1v) is 7.67. The van der Waals surface area contributed by atoms with E-state index in [0.717, 1.165) is 18.8 Å². The fourth-order valence-corrected chi connectivity index (χ4v) is 2.64. The summed E-state index contributed by atoms with van der Waals surface area (Å²) < 4.78 is 13.7. The summed E-state index contributed by atoms with van der Waals surface area (Å²) >= 11 is 0. The summed E-state index contributed by atoms with van der Waals surface area (Å²) in [7, 11) is 0. The molecule has 0 atom stereocenters. The van der Waals surface area contributed by atoms with E-state index < -0.39 is 0 Å². The highest BCUT2D eigenvalue weighted by Crippen LogP contribution is 2.13. The van der Waals surface area contributed by atoms with E-state index in [9.17, 15) is 9.18 Å². The van der Waals surface area contributed by atoms with E-state index in [0.29, 0.717) is 30.9 Å². The largest absolute Gasteiger partial charge is 0.335 e. The Morgan fingerprint density at radius 1 is 1.13 bits per heavy atom. The second kappa shape index (κ2) is 6.83. The minimum Gasteiger partial charge on any atom is -0.335 e. The molecule has 1 aromatic heterocycles. The van der Waals surface area contributed by atoms with Crippen LogP contribution in [0.15, 0.2) is 36.7 Å². The first-order valence-electron chi connectivity index (χ1n) is 7.67. The minimum atomic E-state index is -0.180. The lowest BCUT2D eigenvalue weighted by molar-refractivity contribution is 0.0621. The Morgan fingerprint density at radius 3 is 2.52 bits per heavy atom. The van der Waals surface area contributed by atoms with Gasteiger partial charge in [0.1, 0.15) is 11.5 Å². The number of carbonyl (C=O) groups is 1. The van der Waals surface area contributed by atoms with Gasteiger partial charge in [0.25, 0.3) is 5.91 Å². The van der Waals surface area contributed by atoms with Gasteiger partial charge in [0.2, 0.25) is 0 Å². The van der Waals surface area contributed by atoms with Crippen molar-refractivity contribution in [3.63, 3.8) is 0 Å². The number of nitrogens with zero attached hydrogens (tertiary/aromatic N) is 4. The van der Waals surface area contributed by atoms with E-state index in [1.165, 1.54) is 12.3 Å². The number of aryl methyl sites for hydroxylation is 1. The highest BCUT2D eigenvalue weighted by atomic mass is 19.1. The fraction of sp³-hybridized carbons (Fsp3) is 0.353. The van der Waals surface area contributed by atoms with Gasteiger partial charge < -0.3 is 4.90 Å². The molecule has 0 radical (unpaired) electrons. The highest BCUT2D eigenvalue weighted by Gasteiger charge is 2.23. The van der Waals surface area contributed by atoms with Gasteiger partial charge in [-0.1, -0.05) is 18.2 Å². The molecule has 23 heavy (non-hydrogen) atoms. The summed E-state index contributed by atoms with van der Waals surface area (Å²) in [5.74, 6) is -0.274. The van der Waals surface area contributed by atoms with Crippen LogP contribution in [0.3, 0.4) is 0 Å². The zero-order valence-corrected chi connectivity index (χ0v) is 13.1. The molecular weight excluding hydrogens is 295 g/mol. The summed E-state index contributed by atoms with van der Waals surface area (Å²) in [4.78, 5) is 24.6. The van der Waals surface area contributed by atoms with Crippen molar-refractivity contribution in [1.29, 1.82) is 0 Å². The van der Waals surface area contributed by atoms with Gasteiger partial charge in [-0.25, -0.2) is 9.37 Å². The van der Waals surface area contributed by atoms with Crippen molar-refractivity contribution in [2.45, 2.75) is 13.5 Å². The fourth-order valence-electron chi connectivity index (χ4n) is 2.64. The van der Waals surface area contributed by atoms with Gasteiger partial charge >= 0.3 is 0 Å². The van der Waals surface area contributed by atoms with Crippen molar-refractivity contribution in [1.82, 2.24) is 19.8 Å². The molecule has 6 heteroatoms. The lowest BCUT2D eigenvalue weighted by Gasteiger charge is -2.34. The third kappa shape index (κ3) is 3.71. The molecule has 2 aromatic rings. The molecule has 1 amide bonds. The van der Waals surface area contributed by atoms with Crippen LogP contribution in [0.25, 0.3) is 0 Å². The number of halogens is 1. The van der Waals surface area contributed by atoms with Crippen molar-refractivity contribution in [2.24, 2.45) is 0 Å². The molecule has 1 aromatic carbocycles. The van der Waals surface area contributed by atoms with Crippen LogP contribution in [-0.2, 0) is 6.54 Å². The Hall–Kier alpha value is -2.34. The maximum Gasteiger partial charge on any atom is 0.274 e. The van der Waals surface area contributed by atoms with Crippen LogP contribution in [0.4, 0.5) is 4.39 Å². The Morgan fingerprint density at radius 2 is 1.87 bits per heavy atom. The predicted octanol–water partition coefficient (Wildman–Crippen LogP) is 1.88. The molecule has 2 heterocycles. The van der Waals surface area contributed by atoms with Crippen LogP contribution in [0.1, 0.15) is 21.7 Å². The second-order valence-electron chi connectivity index (χ2n) is 5.70. The molecule has 0 bridgehead atoms. The first kappa shape index (κ1) is 15.6. The molecule has 120 valence electrons. The molecule has 0 N–H and O–H groups in total. The summed E-state index contributed by atoms with van der Waals surface area (Å²) in [5, 5.41) is 0. The molecule has 0 unspecified atom stereocenters. The van der Waals surface area contributed by atoms with Crippen molar-refractivity contribution in [3.8, 4) is 0 Å². The van der Waals surface area contributed by atoms with Crippen LogP contribution >= 0.6 is 0 Å². The Balaban J connectivity index is 1.57. The number of amides is 1. The lowest BCUT2D eigenvalue weighted by Crippen LogP contribution is -2.48. The number of benzene rings is 1. The van der Waals surface area contributed by atoms with Crippen molar-refractivity contribution >= 4 is 5.91 Å². The molecule has 0 saturated carbocycles. The van der Waals surface area contributed by atoms with E-state index in [-0.39, 0.29) is 11.7 Å². The van der Waals surface area contributed by atoms with Gasteiger partial charge in [0, 0.05) is 44.5 Å². The molecule has 1 saturated heterocycles. The maximum absolute atomic E-state index is 13.7. The number of hydrogen-bond donors (Lipinski definition) is 0. The summed E-state index contributed by atoms with van der Waals surface area (Å²) in [6.45, 7) is 5.08. The van der Waals surface area contributed by atoms with Gasteiger partial charge in [-0.3, -0.25) is 14.7 Å². The maximum atomic E-state index is 13.7. The smallest absolute Gasteiger partial charge is 0.274 e. The monoisotopic (exact) mass is 314 g/mol. The number of rotatable bonds is 3. The zero-order chi connectivity index (χ0) is 16.2. The van der Waals surface area contributed by atoms with Crippen LogP contribution in [0, 0.1) is 12.7 Å². The molecule has 1 fully saturated rings. The average Bonchev–Trinajstić information content (AvgIpc) is 2.58. The highest BCUT2D eigenvalue weighted by molar-refractivity contribution is 5.92. The molecule has 1 aliphatic heterocycles. The SMILES string of the molecule is Cc1cnc(C(=O)N2CCN(Cc3ccccc3F)CC2)cn1. The van der Waals surface area contributed by atoms with Crippen LogP contribution < -0.4 is 0 Å². The molecule has 0 aliphatic carbocycles. The Labute approximate surface area is 134 Å². The van der Waals surface area contributed by atoms with E-state index in [4.69, 9.17) is 0 Å². The first-order chi connectivity index (χ1) is 11.1. The normalized spacial score (nSPS) is 15.7. The minimum absolute atomic E-state index is 0.0944. The summed E-state index contributed by atoms with van der Waals surface area (Å²) in [6.07, 6.45) is 3.12. The van der Waals surface area contributed by atoms with Crippen LogP contribution in [0.5, 0.6) is 0 Å². The Kier molecular flexibility index (Phi) is 4.62. The van der Waals surface area contributed by atoms with E-state index in [1.807, 2.05) is 13.0 Å². The summed E-state index contributed by atoms with van der Waals surface area (Å²) in [6, 6.07) is 6.81. The van der Waals surface area contributed by atoms with Crippen molar-refractivity contribution in [2.75, 3.05) is 26.2 Å². The number of carbonyl (C=O) groups excluding carboxylic acids is 1. The number of aromatic nitrogens is 2. The Bertz CT molecular complexity index is 681. The quantitative estimate of drug-likeness (QED) is 0.868. The average molecular weight is 314 g/mol. The third-order valence-electron chi connectivity index (χ3n) is 4.01. The topological polar surface area (TPSA) is 49.3 Å². The summed E-state index contributed by atoms with van der Waals surface area (Å²) in [5.41, 5.74) is 1.85. The van der Waals surface area contributed by atoms with Gasteiger partial charge in [-0.2, -0.15) is 0 Å².